The molecule has 2 aromatic heterocycles. The first-order chi connectivity index (χ1) is 50.6. The monoisotopic (exact) mass is 1760 g/mol. The van der Waals surface area contributed by atoms with Crippen LogP contribution in [0.1, 0.15) is 212 Å². The molecule has 0 atom stereocenters. The van der Waals surface area contributed by atoms with Crippen LogP contribution in [0.3, 0.4) is 0 Å². The van der Waals surface area contributed by atoms with Gasteiger partial charge in [0.15, 0.2) is 0 Å². The number of nitrogen functional groups attached to an aromatic ring is 1. The summed E-state index contributed by atoms with van der Waals surface area (Å²) in [5, 5.41) is 16.2. The zero-order chi connectivity index (χ0) is 79.1. The first-order valence-corrected chi connectivity index (χ1v) is 46.6. The molecule has 14 nitrogen and oxygen atoms in total. The van der Waals surface area contributed by atoms with Crippen LogP contribution in [0.2, 0.25) is 13.3 Å². The molecule has 0 fully saturated rings. The van der Waals surface area contributed by atoms with E-state index in [1.54, 1.807) is 92.2 Å². The fourth-order valence-electron chi connectivity index (χ4n) is 10.5. The molecule has 0 aliphatic heterocycles. The molecule has 0 aliphatic carbocycles. The largest absolute Gasteiger partial charge is 0.416 e. The molecular formula is C88H106Br3ClN8O6Sn. The van der Waals surface area contributed by atoms with Crippen molar-refractivity contribution in [3.63, 3.8) is 0 Å². The molecule has 0 saturated heterocycles. The Hall–Kier alpha value is -7.91. The minimum absolute atomic E-state index is 0.0325. The van der Waals surface area contributed by atoms with Crippen molar-refractivity contribution in [1.29, 1.82) is 0 Å². The quantitative estimate of drug-likeness (QED) is 0.0197. The smallest absolute Gasteiger partial charge is 0.269 e. The fourth-order valence-corrected chi connectivity index (χ4v) is 24.4. The molecule has 0 unspecified atom stereocenters. The standard InChI is InChI=1S/C20H20N2O.C18H19BrN2O2.C18H17BrN2O.C11H13ClO.C7H7BrN2O.3C4H9.C2H3.Sn/c1-5-14-6-8-15(9-7-14)18-21-22-19(23-18)16-10-12-17(13-11-16)20(2,3)4;1-18(2,3)14-8-4-12(5-9-14)16(22)20-21-17(23)13-6-10-15(19)11-7-13;1-18(2,3)14-8-4-12(5-9-14)16-20-21-17(22-16)13-6-10-15(19)11-7-13;1-11(2,3)9-6-4-8(5-7-9)10(12)13;8-6-3-1-5(2-4-6)7(11)10-9;3*1-3-4-2;1-2;/h5-13H,1H2,2-4H3;4-11H,1-3H3,(H,20,22)(H,21,23);4-11H,1-3H3;4-7H,1-3H3;1-4H,9H2,(H,10,11);3*1,3-4H2,2H3;1H,2H2;. The number of nitrogens with one attached hydrogen (secondary N) is 3. The van der Waals surface area contributed by atoms with Gasteiger partial charge in [-0.05, 0) is 195 Å². The van der Waals surface area contributed by atoms with Gasteiger partial charge >= 0.3 is 102 Å². The first-order valence-electron chi connectivity index (χ1n) is 36.1. The van der Waals surface area contributed by atoms with Crippen LogP contribution in [0, 0.1) is 0 Å². The van der Waals surface area contributed by atoms with E-state index in [0.29, 0.717) is 45.8 Å². The maximum atomic E-state index is 12.1. The average molecular weight is 1770 g/mol. The summed E-state index contributed by atoms with van der Waals surface area (Å²) < 4.78 is 21.6. The van der Waals surface area contributed by atoms with E-state index >= 15 is 0 Å². The van der Waals surface area contributed by atoms with Crippen LogP contribution >= 0.6 is 59.4 Å². The third kappa shape index (κ3) is 30.2. The molecule has 3 amide bonds. The van der Waals surface area contributed by atoms with Crippen molar-refractivity contribution in [3.05, 3.63) is 275 Å². The maximum absolute atomic E-state index is 12.1. The van der Waals surface area contributed by atoms with Gasteiger partial charge in [-0.3, -0.25) is 35.5 Å². The summed E-state index contributed by atoms with van der Waals surface area (Å²) in [6, 6.07) is 60.8. The van der Waals surface area contributed by atoms with Gasteiger partial charge in [0.25, 0.3) is 23.0 Å². The molecule has 2 heterocycles. The Balaban J connectivity index is 0.000000235. The number of amides is 3. The number of rotatable bonds is 19. The van der Waals surface area contributed by atoms with Gasteiger partial charge in [0.1, 0.15) is 0 Å². The van der Waals surface area contributed by atoms with Crippen LogP contribution in [0.25, 0.3) is 51.9 Å². The predicted molar refractivity (Wildman–Crippen MR) is 456 cm³/mol. The van der Waals surface area contributed by atoms with E-state index in [9.17, 15) is 19.2 Å². The fraction of sp³-hybridized carbons (Fsp3) is 0.318. The van der Waals surface area contributed by atoms with Crippen LogP contribution in [-0.4, -0.2) is 61.7 Å². The van der Waals surface area contributed by atoms with Gasteiger partial charge in [-0.15, -0.1) is 20.4 Å². The zero-order valence-corrected chi connectivity index (χ0v) is 73.1. The Labute approximate surface area is 669 Å². The van der Waals surface area contributed by atoms with E-state index in [4.69, 9.17) is 26.3 Å². The van der Waals surface area contributed by atoms with E-state index in [1.807, 2.05) is 102 Å². The molecule has 10 rings (SSSR count). The topological polar surface area (TPSA) is 208 Å². The number of benzene rings is 8. The molecule has 0 bridgehead atoms. The van der Waals surface area contributed by atoms with Crippen LogP contribution in [0.15, 0.2) is 234 Å². The minimum atomic E-state index is -1.85. The van der Waals surface area contributed by atoms with Crippen LogP contribution < -0.4 is 22.1 Å². The third-order valence-electron chi connectivity index (χ3n) is 17.5. The number of carbonyl (C=O) groups is 4. The second-order valence-electron chi connectivity index (χ2n) is 30.0. The molecule has 5 N–H and O–H groups in total. The Morgan fingerprint density at radius 2 is 0.645 bits per heavy atom. The van der Waals surface area contributed by atoms with Crippen LogP contribution in [0.4, 0.5) is 0 Å². The molecule has 0 saturated carbocycles. The Morgan fingerprint density at radius 1 is 0.402 bits per heavy atom. The van der Waals surface area contributed by atoms with E-state index in [2.05, 4.69) is 224 Å². The van der Waals surface area contributed by atoms with Gasteiger partial charge in [-0.1, -0.05) is 204 Å². The van der Waals surface area contributed by atoms with Gasteiger partial charge in [-0.2, -0.15) is 0 Å². The number of halogens is 4. The van der Waals surface area contributed by atoms with Crippen molar-refractivity contribution >= 4 is 107 Å². The SMILES string of the molecule is C=Cc1ccc(-c2nnc(-c3ccc(C(C)(C)C)cc3)o2)cc1.C=[CH][Sn]([CH2]CCC)([CH2]CCC)[CH2]CCC.CC(C)(C)c1ccc(-c2nnc(-c3ccc(Br)cc3)o2)cc1.CC(C)(C)c1ccc(C(=O)Cl)cc1.CC(C)(C)c1ccc(C(=O)NNC(=O)c2ccc(Br)cc2)cc1.NNC(=O)c1ccc(Br)cc1. The predicted octanol–water partition coefficient (Wildman–Crippen LogP) is 24.6. The van der Waals surface area contributed by atoms with Gasteiger partial charge in [0.2, 0.25) is 23.6 Å². The van der Waals surface area contributed by atoms with E-state index in [1.165, 1.54) is 55.2 Å². The summed E-state index contributed by atoms with van der Waals surface area (Å²) in [5.41, 5.74) is 19.0. The van der Waals surface area contributed by atoms with Crippen LogP contribution in [0.5, 0.6) is 0 Å². The maximum Gasteiger partial charge on any atom is 0.269 e. The van der Waals surface area contributed by atoms with Crippen molar-refractivity contribution < 1.29 is 28.0 Å². The number of nitrogens with zero attached hydrogens (tertiary/aromatic N) is 4. The number of unbranched alkanes of at least 4 members (excludes halogenated alkanes) is 3. The summed E-state index contributed by atoms with van der Waals surface area (Å²) >= 11 is 13.5. The van der Waals surface area contributed by atoms with E-state index in [0.717, 1.165) is 46.8 Å². The van der Waals surface area contributed by atoms with Crippen molar-refractivity contribution in [2.24, 2.45) is 5.84 Å². The normalized spacial score (nSPS) is 11.2. The number of aromatic nitrogens is 4. The molecule has 8 aromatic carbocycles. The number of hydrogen-bond donors (Lipinski definition) is 4. The van der Waals surface area contributed by atoms with Crippen molar-refractivity contribution in [2.45, 2.75) is 177 Å². The summed E-state index contributed by atoms with van der Waals surface area (Å²) in [6.45, 7) is 40.8. The molecule has 566 valence electrons. The van der Waals surface area contributed by atoms with Gasteiger partial charge in [-0.25, -0.2) is 5.84 Å². The molecule has 0 radical (unpaired) electrons. The Kier molecular flexibility index (Phi) is 36.3. The van der Waals surface area contributed by atoms with Gasteiger partial charge in [0, 0.05) is 57.9 Å². The number of carbonyl (C=O) groups excluding carboxylic acids is 4. The molecule has 107 heavy (non-hydrogen) atoms. The summed E-state index contributed by atoms with van der Waals surface area (Å²) in [7, 11) is 0. The Morgan fingerprint density at radius 3 is 0.897 bits per heavy atom. The van der Waals surface area contributed by atoms with Crippen molar-refractivity contribution in [1.82, 2.24) is 36.7 Å². The molecule has 0 spiro atoms. The summed E-state index contributed by atoms with van der Waals surface area (Å²) in [6.07, 6.45) is 10.3. The van der Waals surface area contributed by atoms with Crippen LogP contribution in [-0.2, 0) is 21.7 Å². The second-order valence-corrected chi connectivity index (χ2v) is 46.3. The number of hydrogen-bond acceptors (Lipinski definition) is 11. The molecular weight excluding hydrogens is 1660 g/mol. The molecule has 0 aliphatic rings. The zero-order valence-electron chi connectivity index (χ0n) is 64.7. The molecule has 19 heteroatoms. The van der Waals surface area contributed by atoms with Gasteiger partial charge in [0.05, 0.1) is 0 Å². The molecule has 10 aromatic rings. The third-order valence-corrected chi connectivity index (χ3v) is 33.3. The van der Waals surface area contributed by atoms with E-state index < -0.39 is 23.6 Å². The second kappa shape index (κ2) is 43.3. The van der Waals surface area contributed by atoms with Crippen molar-refractivity contribution in [2.75, 3.05) is 0 Å². The summed E-state index contributed by atoms with van der Waals surface area (Å²) in [4.78, 5) is 45.6. The number of nitrogens with two attached hydrogens (primary N) is 1. The van der Waals surface area contributed by atoms with E-state index in [-0.39, 0.29) is 39.4 Å². The first kappa shape index (κ1) is 89.7. The van der Waals surface area contributed by atoms with Gasteiger partial charge < -0.3 is 8.83 Å². The summed E-state index contributed by atoms with van der Waals surface area (Å²) in [5.74, 6) is 6.07. The Bertz CT molecular complexity index is 4370. The average Bonchev–Trinajstić information content (AvgIpc) is 1.70. The number of hydrazine groups is 2. The minimum Gasteiger partial charge on any atom is -0.416 e. The van der Waals surface area contributed by atoms with Crippen molar-refractivity contribution in [3.8, 4) is 45.8 Å².